The smallest absolute Gasteiger partial charge is 0.232 e. The molecule has 162 valence electrons. The van der Waals surface area contributed by atoms with Crippen molar-refractivity contribution in [1.82, 2.24) is 20.6 Å². The Hall–Kier alpha value is -3.49. The lowest BCUT2D eigenvalue weighted by atomic mass is 10.0. The van der Waals surface area contributed by atoms with Crippen molar-refractivity contribution in [3.05, 3.63) is 53.2 Å². The molecule has 0 radical (unpaired) electrons. The highest BCUT2D eigenvalue weighted by molar-refractivity contribution is 5.79. The summed E-state index contributed by atoms with van der Waals surface area (Å²) >= 11 is 0. The van der Waals surface area contributed by atoms with E-state index in [1.165, 1.54) is 0 Å². The van der Waals surface area contributed by atoms with Gasteiger partial charge < -0.3 is 20.1 Å². The summed E-state index contributed by atoms with van der Waals surface area (Å²) < 4.78 is 10.7. The van der Waals surface area contributed by atoms with Crippen molar-refractivity contribution in [1.29, 1.82) is 0 Å². The summed E-state index contributed by atoms with van der Waals surface area (Å²) in [6.45, 7) is 3.69. The lowest BCUT2D eigenvalue weighted by Crippen LogP contribution is -2.37. The molecule has 0 spiro atoms. The summed E-state index contributed by atoms with van der Waals surface area (Å²) in [5.74, 6) is 0.455. The van der Waals surface area contributed by atoms with Crippen LogP contribution in [0.4, 0.5) is 0 Å². The van der Waals surface area contributed by atoms with Crippen molar-refractivity contribution in [3.8, 4) is 11.4 Å². The molecule has 3 aromatic rings. The number of nitrogens with one attached hydrogen (secondary N) is 1. The number of nitrogens with zero attached hydrogens (tertiary/aromatic N) is 3. The lowest BCUT2D eigenvalue weighted by Gasteiger charge is -2.18. The highest BCUT2D eigenvalue weighted by Crippen LogP contribution is 2.38. The maximum atomic E-state index is 12.7. The second-order valence-electron chi connectivity index (χ2n) is 7.98. The Kier molecular flexibility index (Phi) is 5.83. The fourth-order valence-corrected chi connectivity index (χ4v) is 4.17. The first-order chi connectivity index (χ1) is 14.9. The topological polar surface area (TPSA) is 137 Å². The third kappa shape index (κ3) is 4.50. The fraction of sp³-hybridized carbons (Fsp3) is 0.409. The normalized spacial score (nSPS) is 20.6. The van der Waals surface area contributed by atoms with Gasteiger partial charge in [-0.1, -0.05) is 40.6 Å². The molecule has 2 heterocycles. The molecule has 0 bridgehead atoms. The second kappa shape index (κ2) is 8.71. The van der Waals surface area contributed by atoms with Crippen molar-refractivity contribution >= 4 is 11.8 Å². The number of nitrogens with two attached hydrogens (primary N) is 1. The van der Waals surface area contributed by atoms with Gasteiger partial charge in [-0.3, -0.25) is 9.59 Å². The number of primary amides is 1. The van der Waals surface area contributed by atoms with Crippen LogP contribution in [0.5, 0.6) is 0 Å². The molecule has 9 nitrogen and oxygen atoms in total. The molecule has 1 aliphatic carbocycles. The number of aryl methyl sites for hydroxylation is 2. The SMILES string of the molecule is Cc1noc(C)c1CCC(=O)N[C@H]1C[C@H](C(N)=O)C[C@H]1c1nc(-c2ccccc2)no1. The predicted octanol–water partition coefficient (Wildman–Crippen LogP) is 2.44. The first-order valence-corrected chi connectivity index (χ1v) is 10.3. The third-order valence-corrected chi connectivity index (χ3v) is 5.89. The maximum absolute atomic E-state index is 12.7. The largest absolute Gasteiger partial charge is 0.369 e. The van der Waals surface area contributed by atoms with Gasteiger partial charge in [0.2, 0.25) is 23.5 Å². The quantitative estimate of drug-likeness (QED) is 0.595. The number of rotatable bonds is 7. The molecule has 0 unspecified atom stereocenters. The molecule has 3 atom stereocenters. The molecule has 2 aromatic heterocycles. The summed E-state index contributed by atoms with van der Waals surface area (Å²) in [6, 6.07) is 9.18. The van der Waals surface area contributed by atoms with Gasteiger partial charge in [-0.05, 0) is 33.1 Å². The van der Waals surface area contributed by atoms with E-state index in [2.05, 4.69) is 20.6 Å². The number of carbonyl (C=O) groups excluding carboxylic acids is 2. The minimum absolute atomic E-state index is 0.122. The third-order valence-electron chi connectivity index (χ3n) is 5.89. The summed E-state index contributed by atoms with van der Waals surface area (Å²) in [5, 5.41) is 11.0. The van der Waals surface area contributed by atoms with Gasteiger partial charge in [-0.15, -0.1) is 0 Å². The van der Waals surface area contributed by atoms with Crippen LogP contribution >= 0.6 is 0 Å². The van der Waals surface area contributed by atoms with E-state index in [1.807, 2.05) is 44.2 Å². The zero-order valence-corrected chi connectivity index (χ0v) is 17.5. The summed E-state index contributed by atoms with van der Waals surface area (Å²) in [6.07, 6.45) is 1.72. The van der Waals surface area contributed by atoms with E-state index in [9.17, 15) is 9.59 Å². The van der Waals surface area contributed by atoms with Gasteiger partial charge >= 0.3 is 0 Å². The van der Waals surface area contributed by atoms with Crippen LogP contribution in [0.2, 0.25) is 0 Å². The summed E-state index contributed by atoms with van der Waals surface area (Å²) in [4.78, 5) is 29.0. The molecular weight excluding hydrogens is 398 g/mol. The number of hydrogen-bond acceptors (Lipinski definition) is 7. The Morgan fingerprint density at radius 2 is 1.90 bits per heavy atom. The first kappa shape index (κ1) is 20.8. The van der Waals surface area contributed by atoms with Crippen molar-refractivity contribution in [2.24, 2.45) is 11.7 Å². The van der Waals surface area contributed by atoms with Crippen LogP contribution in [0.1, 0.15) is 48.1 Å². The number of benzene rings is 1. The molecule has 3 N–H and O–H groups in total. The van der Waals surface area contributed by atoms with Crippen LogP contribution in [0.15, 0.2) is 39.4 Å². The maximum Gasteiger partial charge on any atom is 0.232 e. The van der Waals surface area contributed by atoms with E-state index in [-0.39, 0.29) is 36.1 Å². The predicted molar refractivity (Wildman–Crippen MR) is 111 cm³/mol. The number of amides is 2. The summed E-state index contributed by atoms with van der Waals surface area (Å²) in [5.41, 5.74) is 8.11. The molecule has 1 saturated carbocycles. The van der Waals surface area contributed by atoms with Crippen LogP contribution in [-0.4, -0.2) is 33.2 Å². The summed E-state index contributed by atoms with van der Waals surface area (Å²) in [7, 11) is 0. The van der Waals surface area contributed by atoms with Gasteiger partial charge in [0, 0.05) is 29.5 Å². The first-order valence-electron chi connectivity index (χ1n) is 10.3. The molecule has 1 fully saturated rings. The molecule has 1 aromatic carbocycles. The Balaban J connectivity index is 1.46. The molecule has 4 rings (SSSR count). The monoisotopic (exact) mass is 423 g/mol. The van der Waals surface area contributed by atoms with E-state index in [1.54, 1.807) is 0 Å². The van der Waals surface area contributed by atoms with Gasteiger partial charge in [0.1, 0.15) is 5.76 Å². The highest BCUT2D eigenvalue weighted by Gasteiger charge is 2.41. The molecule has 2 amide bonds. The van der Waals surface area contributed by atoms with E-state index < -0.39 is 0 Å². The van der Waals surface area contributed by atoms with Gasteiger partial charge in [0.25, 0.3) is 0 Å². The van der Waals surface area contributed by atoms with Gasteiger partial charge in [-0.2, -0.15) is 4.98 Å². The molecular formula is C22H25N5O4. The minimum atomic E-state index is -0.389. The zero-order valence-electron chi connectivity index (χ0n) is 17.5. The molecule has 31 heavy (non-hydrogen) atoms. The molecule has 9 heteroatoms. The highest BCUT2D eigenvalue weighted by atomic mass is 16.5. The average molecular weight is 423 g/mol. The van der Waals surface area contributed by atoms with Crippen LogP contribution < -0.4 is 11.1 Å². The Morgan fingerprint density at radius 1 is 1.13 bits per heavy atom. The van der Waals surface area contributed by atoms with E-state index in [0.29, 0.717) is 31.0 Å². The molecule has 0 saturated heterocycles. The second-order valence-corrected chi connectivity index (χ2v) is 7.98. The lowest BCUT2D eigenvalue weighted by molar-refractivity contribution is -0.123. The number of carbonyl (C=O) groups is 2. The zero-order chi connectivity index (χ0) is 22.0. The van der Waals surface area contributed by atoms with Crippen LogP contribution in [-0.2, 0) is 16.0 Å². The van der Waals surface area contributed by atoms with Crippen LogP contribution in [0, 0.1) is 19.8 Å². The van der Waals surface area contributed by atoms with Crippen molar-refractivity contribution < 1.29 is 18.6 Å². The molecule has 1 aliphatic rings. The average Bonchev–Trinajstić information content (AvgIpc) is 3.47. The Bertz CT molecular complexity index is 1060. The van der Waals surface area contributed by atoms with Crippen LogP contribution in [0.25, 0.3) is 11.4 Å². The van der Waals surface area contributed by atoms with E-state index in [4.69, 9.17) is 14.8 Å². The van der Waals surface area contributed by atoms with Crippen molar-refractivity contribution in [2.45, 2.75) is 51.5 Å². The molecule has 0 aliphatic heterocycles. The van der Waals surface area contributed by atoms with Gasteiger partial charge in [0.05, 0.1) is 11.6 Å². The Labute approximate surface area is 179 Å². The van der Waals surface area contributed by atoms with Crippen molar-refractivity contribution in [2.75, 3.05) is 0 Å². The number of hydrogen-bond donors (Lipinski definition) is 2. The fourth-order valence-electron chi connectivity index (χ4n) is 4.17. The van der Waals surface area contributed by atoms with Gasteiger partial charge in [-0.25, -0.2) is 0 Å². The van der Waals surface area contributed by atoms with Crippen molar-refractivity contribution in [3.63, 3.8) is 0 Å². The number of aromatic nitrogens is 3. The van der Waals surface area contributed by atoms with E-state index >= 15 is 0 Å². The standard InChI is InChI=1S/C22H25N5O4/c1-12-16(13(2)30-26-12)8-9-19(28)24-18-11-15(20(23)29)10-17(18)22-25-21(27-31-22)14-6-4-3-5-7-14/h3-7,15,17-18H,8-11H2,1-2H3,(H2,23,29)(H,24,28)/t15-,17-,18+/m1/s1. The van der Waals surface area contributed by atoms with Gasteiger partial charge in [0.15, 0.2) is 0 Å². The van der Waals surface area contributed by atoms with Crippen LogP contribution in [0.3, 0.4) is 0 Å². The minimum Gasteiger partial charge on any atom is -0.369 e. The Morgan fingerprint density at radius 3 is 2.58 bits per heavy atom. The van der Waals surface area contributed by atoms with E-state index in [0.717, 1.165) is 22.6 Å².